The van der Waals surface area contributed by atoms with Crippen LogP contribution in [0.1, 0.15) is 28.8 Å². The lowest BCUT2D eigenvalue weighted by Gasteiger charge is -2.25. The van der Waals surface area contributed by atoms with Crippen LogP contribution in [0, 0.1) is 0 Å². The minimum absolute atomic E-state index is 0.00199. The maximum absolute atomic E-state index is 12.8. The predicted octanol–water partition coefficient (Wildman–Crippen LogP) is 3.56. The van der Waals surface area contributed by atoms with Crippen LogP contribution in [-0.2, 0) is 11.3 Å². The van der Waals surface area contributed by atoms with Crippen molar-refractivity contribution in [3.05, 3.63) is 64.9 Å². The molecular formula is C18H19ClN2O2. The minimum atomic E-state index is -0.00199. The monoisotopic (exact) mass is 330 g/mol. The first-order chi connectivity index (χ1) is 11.2. The molecule has 1 atom stereocenters. The van der Waals surface area contributed by atoms with Crippen LogP contribution in [0.25, 0.3) is 0 Å². The van der Waals surface area contributed by atoms with E-state index in [1.165, 1.54) is 0 Å². The van der Waals surface area contributed by atoms with Gasteiger partial charge >= 0.3 is 0 Å². The molecule has 5 heteroatoms. The first-order valence-corrected chi connectivity index (χ1v) is 8.15. The van der Waals surface area contributed by atoms with E-state index < -0.39 is 0 Å². The van der Waals surface area contributed by atoms with Crippen molar-refractivity contribution in [2.45, 2.75) is 25.5 Å². The van der Waals surface area contributed by atoms with E-state index >= 15 is 0 Å². The van der Waals surface area contributed by atoms with Gasteiger partial charge in [-0.1, -0.05) is 23.7 Å². The van der Waals surface area contributed by atoms with E-state index in [0.29, 0.717) is 23.7 Å². The summed E-state index contributed by atoms with van der Waals surface area (Å²) in [5.74, 6) is -0.00199. The lowest BCUT2D eigenvalue weighted by Crippen LogP contribution is -2.37. The van der Waals surface area contributed by atoms with Crippen molar-refractivity contribution in [2.75, 3.05) is 13.2 Å². The lowest BCUT2D eigenvalue weighted by atomic mass is 10.1. The summed E-state index contributed by atoms with van der Waals surface area (Å²) >= 11 is 5.94. The van der Waals surface area contributed by atoms with Crippen LogP contribution in [-0.4, -0.2) is 35.0 Å². The van der Waals surface area contributed by atoms with Gasteiger partial charge in [0.15, 0.2) is 0 Å². The quantitative estimate of drug-likeness (QED) is 0.842. The molecule has 23 heavy (non-hydrogen) atoms. The fourth-order valence-corrected chi connectivity index (χ4v) is 2.87. The van der Waals surface area contributed by atoms with E-state index in [4.69, 9.17) is 16.3 Å². The van der Waals surface area contributed by atoms with Crippen LogP contribution in [0.2, 0.25) is 5.02 Å². The summed E-state index contributed by atoms with van der Waals surface area (Å²) in [5, 5.41) is 0.694. The van der Waals surface area contributed by atoms with Crippen LogP contribution in [0.3, 0.4) is 0 Å². The number of ether oxygens (including phenoxy) is 1. The van der Waals surface area contributed by atoms with Crippen molar-refractivity contribution in [3.63, 3.8) is 0 Å². The standard InChI is InChI=1S/C18H19ClN2O2/c19-16-5-3-14(4-6-16)12-21(13-17-2-1-11-23-17)18(22)15-7-9-20-10-8-15/h3-10,17H,1-2,11-13H2. The third-order valence-corrected chi connectivity index (χ3v) is 4.20. The van der Waals surface area contributed by atoms with Gasteiger partial charge in [-0.15, -0.1) is 0 Å². The van der Waals surface area contributed by atoms with Crippen LogP contribution >= 0.6 is 11.6 Å². The fourth-order valence-electron chi connectivity index (χ4n) is 2.74. The Hall–Kier alpha value is -1.91. The fraction of sp³-hybridized carbons (Fsp3) is 0.333. The van der Waals surface area contributed by atoms with Gasteiger partial charge in [-0.2, -0.15) is 0 Å². The molecular weight excluding hydrogens is 312 g/mol. The zero-order valence-electron chi connectivity index (χ0n) is 12.8. The Kier molecular flexibility index (Phi) is 5.26. The molecule has 0 N–H and O–H groups in total. The molecule has 0 bridgehead atoms. The number of hydrogen-bond acceptors (Lipinski definition) is 3. The molecule has 1 saturated heterocycles. The molecule has 3 rings (SSSR count). The number of benzene rings is 1. The number of nitrogens with zero attached hydrogens (tertiary/aromatic N) is 2. The average molecular weight is 331 g/mol. The van der Waals surface area contributed by atoms with Gasteiger partial charge in [-0.25, -0.2) is 0 Å². The second kappa shape index (κ2) is 7.57. The largest absolute Gasteiger partial charge is 0.376 e. The molecule has 120 valence electrons. The highest BCUT2D eigenvalue weighted by atomic mass is 35.5. The highest BCUT2D eigenvalue weighted by Crippen LogP contribution is 2.18. The van der Waals surface area contributed by atoms with Gasteiger partial charge in [0, 0.05) is 42.7 Å². The minimum Gasteiger partial charge on any atom is -0.376 e. The first-order valence-electron chi connectivity index (χ1n) is 7.78. The summed E-state index contributed by atoms with van der Waals surface area (Å²) in [4.78, 5) is 18.6. The Balaban J connectivity index is 1.77. The summed E-state index contributed by atoms with van der Waals surface area (Å²) < 4.78 is 5.70. The molecule has 1 aromatic heterocycles. The van der Waals surface area contributed by atoms with Crippen molar-refractivity contribution in [2.24, 2.45) is 0 Å². The van der Waals surface area contributed by atoms with Crippen LogP contribution in [0.4, 0.5) is 0 Å². The molecule has 0 radical (unpaired) electrons. The Bertz CT molecular complexity index is 640. The molecule has 2 aromatic rings. The Morgan fingerprint density at radius 2 is 1.96 bits per heavy atom. The van der Waals surface area contributed by atoms with E-state index in [1.807, 2.05) is 29.2 Å². The third kappa shape index (κ3) is 4.30. The molecule has 1 fully saturated rings. The summed E-state index contributed by atoms with van der Waals surface area (Å²) in [6.07, 6.45) is 5.46. The summed E-state index contributed by atoms with van der Waals surface area (Å²) in [7, 11) is 0. The smallest absolute Gasteiger partial charge is 0.254 e. The van der Waals surface area contributed by atoms with Crippen molar-refractivity contribution >= 4 is 17.5 Å². The van der Waals surface area contributed by atoms with Crippen molar-refractivity contribution in [3.8, 4) is 0 Å². The van der Waals surface area contributed by atoms with Gasteiger partial charge in [0.2, 0.25) is 0 Å². The van der Waals surface area contributed by atoms with Crippen molar-refractivity contribution in [1.29, 1.82) is 0 Å². The molecule has 1 amide bonds. The Labute approximate surface area is 141 Å². The topological polar surface area (TPSA) is 42.4 Å². The number of rotatable bonds is 5. The third-order valence-electron chi connectivity index (χ3n) is 3.95. The summed E-state index contributed by atoms with van der Waals surface area (Å²) in [6, 6.07) is 11.1. The van der Waals surface area contributed by atoms with Gasteiger partial charge in [0.25, 0.3) is 5.91 Å². The molecule has 1 aromatic carbocycles. The number of hydrogen-bond donors (Lipinski definition) is 0. The molecule has 2 heterocycles. The number of aromatic nitrogens is 1. The molecule has 4 nitrogen and oxygen atoms in total. The highest BCUT2D eigenvalue weighted by Gasteiger charge is 2.23. The van der Waals surface area contributed by atoms with Crippen molar-refractivity contribution < 1.29 is 9.53 Å². The number of halogens is 1. The van der Waals surface area contributed by atoms with E-state index in [-0.39, 0.29) is 12.0 Å². The predicted molar refractivity (Wildman–Crippen MR) is 89.4 cm³/mol. The molecule has 0 spiro atoms. The average Bonchev–Trinajstić information content (AvgIpc) is 3.09. The SMILES string of the molecule is O=C(c1ccncc1)N(Cc1ccc(Cl)cc1)CC1CCCO1. The first kappa shape index (κ1) is 16.0. The normalized spacial score (nSPS) is 17.2. The summed E-state index contributed by atoms with van der Waals surface area (Å²) in [5.41, 5.74) is 1.70. The Morgan fingerprint density at radius 3 is 2.61 bits per heavy atom. The van der Waals surface area contributed by atoms with Gasteiger partial charge < -0.3 is 9.64 Å². The number of carbonyl (C=O) groups is 1. The number of pyridine rings is 1. The van der Waals surface area contributed by atoms with Crippen LogP contribution in [0.5, 0.6) is 0 Å². The van der Waals surface area contributed by atoms with E-state index in [1.54, 1.807) is 24.5 Å². The van der Waals surface area contributed by atoms with Crippen LogP contribution < -0.4 is 0 Å². The maximum Gasteiger partial charge on any atom is 0.254 e. The lowest BCUT2D eigenvalue weighted by molar-refractivity contribution is 0.0507. The molecule has 1 aliphatic rings. The van der Waals surface area contributed by atoms with Gasteiger partial charge in [-0.05, 0) is 42.7 Å². The van der Waals surface area contributed by atoms with E-state index in [0.717, 1.165) is 25.0 Å². The zero-order valence-corrected chi connectivity index (χ0v) is 13.6. The van der Waals surface area contributed by atoms with Gasteiger partial charge in [0.05, 0.1) is 6.10 Å². The van der Waals surface area contributed by atoms with E-state index in [9.17, 15) is 4.79 Å². The van der Waals surface area contributed by atoms with Gasteiger partial charge in [-0.3, -0.25) is 9.78 Å². The molecule has 1 unspecified atom stereocenters. The maximum atomic E-state index is 12.8. The number of amides is 1. The second-order valence-electron chi connectivity index (χ2n) is 5.68. The Morgan fingerprint density at radius 1 is 1.22 bits per heavy atom. The zero-order chi connectivity index (χ0) is 16.1. The number of carbonyl (C=O) groups excluding carboxylic acids is 1. The van der Waals surface area contributed by atoms with Crippen molar-refractivity contribution in [1.82, 2.24) is 9.88 Å². The highest BCUT2D eigenvalue weighted by molar-refractivity contribution is 6.30. The second-order valence-corrected chi connectivity index (χ2v) is 6.12. The van der Waals surface area contributed by atoms with E-state index in [2.05, 4.69) is 4.98 Å². The van der Waals surface area contributed by atoms with Gasteiger partial charge in [0.1, 0.15) is 0 Å². The molecule has 0 aliphatic carbocycles. The van der Waals surface area contributed by atoms with Crippen LogP contribution in [0.15, 0.2) is 48.8 Å². The summed E-state index contributed by atoms with van der Waals surface area (Å²) in [6.45, 7) is 1.92. The molecule has 0 saturated carbocycles. The molecule has 1 aliphatic heterocycles.